The van der Waals surface area contributed by atoms with Crippen LogP contribution >= 0.6 is 0 Å². The molecular formula is C18H22N4O2. The first-order chi connectivity index (χ1) is 11.4. The first kappa shape index (κ1) is 16.4. The number of imidazole rings is 1. The van der Waals surface area contributed by atoms with Gasteiger partial charge in [-0.2, -0.15) is 0 Å². The SMILES string of the molecule is Cc1cc2ncn(CC(O)Cn3cnc(C)c(C)c3=O)c2cc1C. The number of aromatic nitrogens is 4. The predicted molar refractivity (Wildman–Crippen MR) is 93.2 cm³/mol. The molecular weight excluding hydrogens is 304 g/mol. The molecule has 1 unspecified atom stereocenters. The maximum absolute atomic E-state index is 12.2. The Labute approximate surface area is 140 Å². The average molecular weight is 326 g/mol. The lowest BCUT2D eigenvalue weighted by Crippen LogP contribution is -2.31. The molecule has 1 atom stereocenters. The van der Waals surface area contributed by atoms with Crippen molar-refractivity contribution in [1.29, 1.82) is 0 Å². The van der Waals surface area contributed by atoms with Crippen molar-refractivity contribution in [2.75, 3.05) is 0 Å². The van der Waals surface area contributed by atoms with Gasteiger partial charge in [0.25, 0.3) is 5.56 Å². The van der Waals surface area contributed by atoms with Crippen LogP contribution in [0.4, 0.5) is 0 Å². The van der Waals surface area contributed by atoms with E-state index in [0.717, 1.165) is 16.7 Å². The Bertz CT molecular complexity index is 956. The van der Waals surface area contributed by atoms with E-state index < -0.39 is 6.10 Å². The quantitative estimate of drug-likeness (QED) is 0.794. The molecule has 1 N–H and O–H groups in total. The highest BCUT2D eigenvalue weighted by molar-refractivity contribution is 5.77. The third kappa shape index (κ3) is 2.97. The van der Waals surface area contributed by atoms with Crippen molar-refractivity contribution in [1.82, 2.24) is 19.1 Å². The van der Waals surface area contributed by atoms with E-state index in [2.05, 4.69) is 29.9 Å². The molecule has 1 aromatic carbocycles. The predicted octanol–water partition coefficient (Wildman–Crippen LogP) is 1.89. The van der Waals surface area contributed by atoms with Crippen LogP contribution in [0, 0.1) is 27.7 Å². The number of rotatable bonds is 4. The second-order valence-electron chi connectivity index (χ2n) is 6.39. The van der Waals surface area contributed by atoms with Crippen molar-refractivity contribution in [2.24, 2.45) is 0 Å². The van der Waals surface area contributed by atoms with Crippen LogP contribution < -0.4 is 5.56 Å². The summed E-state index contributed by atoms with van der Waals surface area (Å²) in [5.41, 5.74) is 5.51. The molecule has 0 aliphatic heterocycles. The van der Waals surface area contributed by atoms with E-state index in [-0.39, 0.29) is 12.1 Å². The zero-order valence-corrected chi connectivity index (χ0v) is 14.4. The highest BCUT2D eigenvalue weighted by atomic mass is 16.3. The van der Waals surface area contributed by atoms with Gasteiger partial charge in [-0.3, -0.25) is 9.36 Å². The Morgan fingerprint density at radius 3 is 2.38 bits per heavy atom. The van der Waals surface area contributed by atoms with Crippen molar-refractivity contribution >= 4 is 11.0 Å². The number of aliphatic hydroxyl groups is 1. The third-order valence-corrected chi connectivity index (χ3v) is 4.57. The zero-order chi connectivity index (χ0) is 17.4. The van der Waals surface area contributed by atoms with Gasteiger partial charge < -0.3 is 9.67 Å². The molecule has 6 nitrogen and oxygen atoms in total. The van der Waals surface area contributed by atoms with Crippen LogP contribution in [-0.2, 0) is 13.1 Å². The largest absolute Gasteiger partial charge is 0.389 e. The van der Waals surface area contributed by atoms with Gasteiger partial charge >= 0.3 is 0 Å². The van der Waals surface area contributed by atoms with Crippen molar-refractivity contribution in [2.45, 2.75) is 46.9 Å². The number of nitrogens with zero attached hydrogens (tertiary/aromatic N) is 4. The summed E-state index contributed by atoms with van der Waals surface area (Å²) in [6.07, 6.45) is 2.52. The molecule has 0 spiro atoms. The molecule has 0 amide bonds. The molecule has 0 aliphatic carbocycles. The summed E-state index contributed by atoms with van der Waals surface area (Å²) >= 11 is 0. The van der Waals surface area contributed by atoms with Gasteiger partial charge in [-0.1, -0.05) is 0 Å². The summed E-state index contributed by atoms with van der Waals surface area (Å²) in [6, 6.07) is 4.12. The van der Waals surface area contributed by atoms with Gasteiger partial charge in [-0.25, -0.2) is 9.97 Å². The topological polar surface area (TPSA) is 72.9 Å². The fraction of sp³-hybridized carbons (Fsp3) is 0.389. The molecule has 0 radical (unpaired) electrons. The van der Waals surface area contributed by atoms with Crippen molar-refractivity contribution < 1.29 is 5.11 Å². The lowest BCUT2D eigenvalue weighted by Gasteiger charge is -2.15. The second kappa shape index (κ2) is 6.20. The minimum absolute atomic E-state index is 0.108. The highest BCUT2D eigenvalue weighted by Crippen LogP contribution is 2.18. The molecule has 6 heteroatoms. The molecule has 126 valence electrons. The molecule has 0 saturated heterocycles. The lowest BCUT2D eigenvalue weighted by atomic mass is 10.1. The number of hydrogen-bond donors (Lipinski definition) is 1. The van der Waals surface area contributed by atoms with Gasteiger partial charge in [-0.05, 0) is 51.0 Å². The van der Waals surface area contributed by atoms with Crippen LogP contribution in [0.15, 0.2) is 29.6 Å². The summed E-state index contributed by atoms with van der Waals surface area (Å²) < 4.78 is 3.38. The van der Waals surface area contributed by atoms with Crippen molar-refractivity contribution in [3.63, 3.8) is 0 Å². The standard InChI is InChI=1S/C18H22N4O2/c1-11-5-16-17(6-12(11)2)21(10-20-16)7-15(23)8-22-9-19-14(4)13(3)18(22)24/h5-6,9-10,15,23H,7-8H2,1-4H3. The fourth-order valence-electron chi connectivity index (χ4n) is 2.78. The Hall–Kier alpha value is -2.47. The van der Waals surface area contributed by atoms with Gasteiger partial charge in [0.1, 0.15) is 0 Å². The monoisotopic (exact) mass is 326 g/mol. The van der Waals surface area contributed by atoms with Gasteiger partial charge in [0.15, 0.2) is 0 Å². The molecule has 0 bridgehead atoms. The lowest BCUT2D eigenvalue weighted by molar-refractivity contribution is 0.134. The summed E-state index contributed by atoms with van der Waals surface area (Å²) in [7, 11) is 0. The molecule has 0 fully saturated rings. The van der Waals surface area contributed by atoms with E-state index in [1.54, 1.807) is 20.2 Å². The minimum Gasteiger partial charge on any atom is -0.389 e. The smallest absolute Gasteiger partial charge is 0.256 e. The molecule has 24 heavy (non-hydrogen) atoms. The number of hydrogen-bond acceptors (Lipinski definition) is 4. The molecule has 2 aromatic heterocycles. The Balaban J connectivity index is 1.83. The first-order valence-corrected chi connectivity index (χ1v) is 7.99. The molecule has 2 heterocycles. The molecule has 0 aliphatic rings. The number of aliphatic hydroxyl groups excluding tert-OH is 1. The van der Waals surface area contributed by atoms with Crippen molar-refractivity contribution in [3.05, 3.63) is 57.5 Å². The van der Waals surface area contributed by atoms with Crippen LogP contribution in [0.2, 0.25) is 0 Å². The Morgan fingerprint density at radius 2 is 1.62 bits per heavy atom. The number of aryl methyl sites for hydroxylation is 3. The van der Waals surface area contributed by atoms with Crippen molar-refractivity contribution in [3.8, 4) is 0 Å². The number of benzene rings is 1. The number of fused-ring (bicyclic) bond motifs is 1. The second-order valence-corrected chi connectivity index (χ2v) is 6.39. The maximum atomic E-state index is 12.2. The van der Waals surface area contributed by atoms with Crippen LogP contribution in [0.25, 0.3) is 11.0 Å². The van der Waals surface area contributed by atoms with Crippen LogP contribution in [0.1, 0.15) is 22.4 Å². The summed E-state index contributed by atoms with van der Waals surface area (Å²) in [5, 5.41) is 10.4. The minimum atomic E-state index is -0.703. The fourth-order valence-corrected chi connectivity index (χ4v) is 2.78. The van der Waals surface area contributed by atoms with E-state index in [1.807, 2.05) is 10.6 Å². The van der Waals surface area contributed by atoms with E-state index >= 15 is 0 Å². The van der Waals surface area contributed by atoms with E-state index in [1.165, 1.54) is 22.0 Å². The van der Waals surface area contributed by atoms with Gasteiger partial charge in [0.05, 0.1) is 42.9 Å². The third-order valence-electron chi connectivity index (χ3n) is 4.57. The van der Waals surface area contributed by atoms with Crippen LogP contribution in [0.5, 0.6) is 0 Å². The summed E-state index contributed by atoms with van der Waals surface area (Å²) in [6.45, 7) is 8.25. The van der Waals surface area contributed by atoms with Gasteiger partial charge in [-0.15, -0.1) is 0 Å². The molecule has 0 saturated carbocycles. The molecule has 3 aromatic rings. The van der Waals surface area contributed by atoms with Gasteiger partial charge in [0, 0.05) is 11.3 Å². The van der Waals surface area contributed by atoms with Crippen LogP contribution in [-0.4, -0.2) is 30.3 Å². The average Bonchev–Trinajstić information content (AvgIpc) is 2.90. The Kier molecular flexibility index (Phi) is 4.24. The van der Waals surface area contributed by atoms with E-state index in [4.69, 9.17) is 0 Å². The Morgan fingerprint density at radius 1 is 1.00 bits per heavy atom. The first-order valence-electron chi connectivity index (χ1n) is 7.99. The van der Waals surface area contributed by atoms with Gasteiger partial charge in [0.2, 0.25) is 0 Å². The van der Waals surface area contributed by atoms with E-state index in [0.29, 0.717) is 12.1 Å². The normalized spacial score (nSPS) is 12.7. The summed E-state index contributed by atoms with van der Waals surface area (Å²) in [5.74, 6) is 0. The molecule has 3 rings (SSSR count). The van der Waals surface area contributed by atoms with Crippen LogP contribution in [0.3, 0.4) is 0 Å². The summed E-state index contributed by atoms with van der Waals surface area (Å²) in [4.78, 5) is 20.8. The highest BCUT2D eigenvalue weighted by Gasteiger charge is 2.12. The zero-order valence-electron chi connectivity index (χ0n) is 14.4. The van der Waals surface area contributed by atoms with E-state index in [9.17, 15) is 9.90 Å². The maximum Gasteiger partial charge on any atom is 0.256 e.